The summed E-state index contributed by atoms with van der Waals surface area (Å²) >= 11 is 0. The molecule has 0 bridgehead atoms. The Morgan fingerprint density at radius 1 is 0.973 bits per heavy atom. The van der Waals surface area contributed by atoms with Gasteiger partial charge >= 0.3 is 5.97 Å². The molecule has 0 atom stereocenters. The quantitative estimate of drug-likeness (QED) is 0.230. The predicted molar refractivity (Wildman–Crippen MR) is 134 cm³/mol. The van der Waals surface area contributed by atoms with E-state index in [1.807, 2.05) is 0 Å². The van der Waals surface area contributed by atoms with E-state index in [2.05, 4.69) is 20.6 Å². The van der Waals surface area contributed by atoms with Crippen molar-refractivity contribution in [2.24, 2.45) is 5.41 Å². The molecule has 188 valence electrons. The fourth-order valence-electron chi connectivity index (χ4n) is 3.86. The number of ether oxygens (including phenoxy) is 2. The minimum absolute atomic E-state index is 0.258. The molecular formula is C27H23FN4O5. The van der Waals surface area contributed by atoms with E-state index in [1.165, 1.54) is 24.3 Å². The van der Waals surface area contributed by atoms with E-state index in [0.717, 1.165) is 0 Å². The van der Waals surface area contributed by atoms with Crippen LogP contribution in [0.3, 0.4) is 0 Å². The number of aromatic amines is 1. The number of rotatable bonds is 8. The van der Waals surface area contributed by atoms with E-state index in [-0.39, 0.29) is 12.3 Å². The van der Waals surface area contributed by atoms with Crippen LogP contribution in [0, 0.1) is 11.2 Å². The topological polar surface area (TPSA) is 122 Å². The number of hydrogen-bond acceptors (Lipinski definition) is 6. The molecule has 2 aromatic carbocycles. The van der Waals surface area contributed by atoms with Gasteiger partial charge in [0.05, 0.1) is 12.0 Å². The van der Waals surface area contributed by atoms with Crippen molar-refractivity contribution in [1.82, 2.24) is 9.97 Å². The lowest BCUT2D eigenvalue weighted by Gasteiger charge is -2.16. The Bertz CT molecular complexity index is 1480. The van der Waals surface area contributed by atoms with Gasteiger partial charge in [0.2, 0.25) is 11.8 Å². The number of amides is 2. The molecule has 1 aliphatic rings. The smallest absolute Gasteiger partial charge is 0.354 e. The molecule has 0 unspecified atom stereocenters. The molecule has 0 spiro atoms. The first-order valence-corrected chi connectivity index (χ1v) is 11.7. The van der Waals surface area contributed by atoms with Crippen molar-refractivity contribution < 1.29 is 28.2 Å². The third-order valence-corrected chi connectivity index (χ3v) is 6.05. The van der Waals surface area contributed by atoms with Crippen LogP contribution in [-0.2, 0) is 14.3 Å². The molecule has 1 aliphatic carbocycles. The molecule has 2 aromatic heterocycles. The lowest BCUT2D eigenvalue weighted by Crippen LogP contribution is -2.35. The fraction of sp³-hybridized carbons (Fsp3) is 0.185. The number of fused-ring (bicyclic) bond motifs is 1. The average Bonchev–Trinajstić information content (AvgIpc) is 3.59. The number of aromatic nitrogens is 2. The van der Waals surface area contributed by atoms with Gasteiger partial charge in [0.15, 0.2) is 0 Å². The van der Waals surface area contributed by atoms with Crippen LogP contribution in [0.5, 0.6) is 11.5 Å². The Balaban J connectivity index is 1.24. The summed E-state index contributed by atoms with van der Waals surface area (Å²) in [5.41, 5.74) is 0.532. The molecule has 5 rings (SSSR count). The van der Waals surface area contributed by atoms with Gasteiger partial charge in [-0.1, -0.05) is 0 Å². The van der Waals surface area contributed by atoms with E-state index >= 15 is 0 Å². The largest absolute Gasteiger partial charge is 0.461 e. The number of nitrogens with one attached hydrogen (secondary N) is 3. The zero-order chi connectivity index (χ0) is 26.0. The number of carbonyl (C=O) groups is 3. The van der Waals surface area contributed by atoms with Crippen LogP contribution in [0.15, 0.2) is 66.9 Å². The van der Waals surface area contributed by atoms with E-state index in [1.54, 1.807) is 49.5 Å². The molecule has 1 fully saturated rings. The minimum Gasteiger partial charge on any atom is -0.461 e. The van der Waals surface area contributed by atoms with Crippen molar-refractivity contribution in [3.05, 3.63) is 78.4 Å². The molecule has 0 saturated heterocycles. The molecule has 0 radical (unpaired) electrons. The molecule has 2 heterocycles. The SMILES string of the molecule is CCOC(=O)c1cc2c(Oc3ccc(NC(=O)C4(C(=O)Nc5ccc(F)cc5)CC4)cc3)ccnc2[nH]1. The number of nitrogens with zero attached hydrogens (tertiary/aromatic N) is 1. The van der Waals surface area contributed by atoms with Crippen LogP contribution >= 0.6 is 0 Å². The summed E-state index contributed by atoms with van der Waals surface area (Å²) in [4.78, 5) is 44.8. The zero-order valence-electron chi connectivity index (χ0n) is 19.8. The Labute approximate surface area is 211 Å². The summed E-state index contributed by atoms with van der Waals surface area (Å²) in [7, 11) is 0. The Morgan fingerprint density at radius 2 is 1.59 bits per heavy atom. The molecule has 4 aromatic rings. The Kier molecular flexibility index (Phi) is 6.31. The lowest BCUT2D eigenvalue weighted by atomic mass is 10.0. The maximum absolute atomic E-state index is 13.1. The highest BCUT2D eigenvalue weighted by molar-refractivity contribution is 6.16. The molecule has 37 heavy (non-hydrogen) atoms. The lowest BCUT2D eigenvalue weighted by molar-refractivity contribution is -0.131. The van der Waals surface area contributed by atoms with Crippen LogP contribution in [0.1, 0.15) is 30.3 Å². The first-order chi connectivity index (χ1) is 17.9. The first kappa shape index (κ1) is 24.0. The zero-order valence-corrected chi connectivity index (χ0v) is 19.8. The molecule has 2 amide bonds. The second-order valence-corrected chi connectivity index (χ2v) is 8.60. The second-order valence-electron chi connectivity index (χ2n) is 8.60. The van der Waals surface area contributed by atoms with Gasteiger partial charge in [0.1, 0.15) is 34.1 Å². The highest BCUT2D eigenvalue weighted by atomic mass is 19.1. The van der Waals surface area contributed by atoms with Gasteiger partial charge in [-0.25, -0.2) is 14.2 Å². The predicted octanol–water partition coefficient (Wildman–Crippen LogP) is 5.03. The van der Waals surface area contributed by atoms with Gasteiger partial charge in [-0.2, -0.15) is 0 Å². The third kappa shape index (κ3) is 4.99. The number of pyridine rings is 1. The summed E-state index contributed by atoms with van der Waals surface area (Å²) < 4.78 is 24.1. The van der Waals surface area contributed by atoms with Gasteiger partial charge in [-0.15, -0.1) is 0 Å². The van der Waals surface area contributed by atoms with Crippen LogP contribution in [0.4, 0.5) is 15.8 Å². The molecule has 9 nitrogen and oxygen atoms in total. The summed E-state index contributed by atoms with van der Waals surface area (Å²) in [5.74, 6) is -0.733. The van der Waals surface area contributed by atoms with Gasteiger partial charge in [-0.3, -0.25) is 9.59 Å². The highest BCUT2D eigenvalue weighted by Gasteiger charge is 2.56. The van der Waals surface area contributed by atoms with Crippen molar-refractivity contribution in [2.45, 2.75) is 19.8 Å². The molecule has 3 N–H and O–H groups in total. The normalized spacial score (nSPS) is 13.6. The van der Waals surface area contributed by atoms with Gasteiger partial charge < -0.3 is 25.1 Å². The summed E-state index contributed by atoms with van der Waals surface area (Å²) in [6.45, 7) is 1.99. The van der Waals surface area contributed by atoms with Crippen molar-refractivity contribution in [2.75, 3.05) is 17.2 Å². The molecule has 1 saturated carbocycles. The Morgan fingerprint density at radius 3 is 2.19 bits per heavy atom. The number of carbonyl (C=O) groups excluding carboxylic acids is 3. The maximum Gasteiger partial charge on any atom is 0.354 e. The number of anilines is 2. The molecule has 10 heteroatoms. The minimum atomic E-state index is -1.16. The van der Waals surface area contributed by atoms with Crippen molar-refractivity contribution in [3.63, 3.8) is 0 Å². The van der Waals surface area contributed by atoms with Gasteiger partial charge in [0, 0.05) is 17.6 Å². The highest BCUT2D eigenvalue weighted by Crippen LogP contribution is 2.47. The maximum atomic E-state index is 13.1. The first-order valence-electron chi connectivity index (χ1n) is 11.7. The van der Waals surface area contributed by atoms with Crippen LogP contribution < -0.4 is 15.4 Å². The van der Waals surface area contributed by atoms with Crippen LogP contribution in [-0.4, -0.2) is 34.4 Å². The second kappa shape index (κ2) is 9.73. The van der Waals surface area contributed by atoms with Crippen LogP contribution in [0.2, 0.25) is 0 Å². The van der Waals surface area contributed by atoms with Gasteiger partial charge in [-0.05, 0) is 80.4 Å². The Hall–Kier alpha value is -4.73. The van der Waals surface area contributed by atoms with E-state index in [4.69, 9.17) is 9.47 Å². The van der Waals surface area contributed by atoms with E-state index < -0.39 is 29.0 Å². The standard InChI is InChI=1S/C27H23FN4O5/c1-2-36-24(33)21-15-20-22(11-14-29-23(20)32-21)37-19-9-7-18(8-10-19)31-26(35)27(12-13-27)25(34)30-17-5-3-16(28)4-6-17/h3-11,14-15H,2,12-13H2,1H3,(H,29,32)(H,30,34)(H,31,35). The number of benzene rings is 2. The van der Waals surface area contributed by atoms with Crippen LogP contribution in [0.25, 0.3) is 11.0 Å². The average molecular weight is 503 g/mol. The summed E-state index contributed by atoms with van der Waals surface area (Å²) in [6, 6.07) is 15.4. The summed E-state index contributed by atoms with van der Waals surface area (Å²) in [5, 5.41) is 6.09. The third-order valence-electron chi connectivity index (χ3n) is 6.05. The number of halogens is 1. The molecule has 0 aliphatic heterocycles. The van der Waals surface area contributed by atoms with Crippen molar-refractivity contribution >= 4 is 40.2 Å². The fourth-order valence-corrected chi connectivity index (χ4v) is 3.86. The number of hydrogen-bond donors (Lipinski definition) is 3. The number of H-pyrrole nitrogens is 1. The van der Waals surface area contributed by atoms with E-state index in [0.29, 0.717) is 46.7 Å². The molecular weight excluding hydrogens is 479 g/mol. The van der Waals surface area contributed by atoms with Crippen molar-refractivity contribution in [1.29, 1.82) is 0 Å². The van der Waals surface area contributed by atoms with Crippen molar-refractivity contribution in [3.8, 4) is 11.5 Å². The van der Waals surface area contributed by atoms with Gasteiger partial charge in [0.25, 0.3) is 0 Å². The monoisotopic (exact) mass is 502 g/mol. The van der Waals surface area contributed by atoms with E-state index in [9.17, 15) is 18.8 Å². The summed E-state index contributed by atoms with van der Waals surface area (Å²) in [6.07, 6.45) is 2.41. The number of esters is 1.